The number of carboxylic acids is 1. The second-order valence-corrected chi connectivity index (χ2v) is 6.51. The highest BCUT2D eigenvalue weighted by molar-refractivity contribution is 6.05. The SMILES string of the molecule is CN(C(=O)c1ccc(OCC2CCCO2)cc1)c1ccc(OCC(=O)O)cc1. The molecule has 148 valence electrons. The summed E-state index contributed by atoms with van der Waals surface area (Å²) in [6, 6.07) is 13.7. The molecule has 3 rings (SSSR count). The van der Waals surface area contributed by atoms with E-state index in [1.165, 1.54) is 4.90 Å². The van der Waals surface area contributed by atoms with Crippen molar-refractivity contribution in [2.45, 2.75) is 18.9 Å². The topological polar surface area (TPSA) is 85.3 Å². The second-order valence-electron chi connectivity index (χ2n) is 6.51. The fraction of sp³-hybridized carbons (Fsp3) is 0.333. The maximum Gasteiger partial charge on any atom is 0.341 e. The number of carbonyl (C=O) groups is 2. The van der Waals surface area contributed by atoms with Gasteiger partial charge >= 0.3 is 5.97 Å². The Labute approximate surface area is 163 Å². The van der Waals surface area contributed by atoms with Crippen molar-refractivity contribution < 1.29 is 28.9 Å². The monoisotopic (exact) mass is 385 g/mol. The smallest absolute Gasteiger partial charge is 0.341 e. The number of hydrogen-bond donors (Lipinski definition) is 1. The van der Waals surface area contributed by atoms with Gasteiger partial charge in [-0.3, -0.25) is 4.79 Å². The number of carboxylic acid groups (broad SMARTS) is 1. The van der Waals surface area contributed by atoms with E-state index in [1.807, 2.05) is 0 Å². The molecule has 1 unspecified atom stereocenters. The molecule has 1 atom stereocenters. The first-order chi connectivity index (χ1) is 13.5. The molecule has 1 aliphatic heterocycles. The van der Waals surface area contributed by atoms with Gasteiger partial charge < -0.3 is 24.2 Å². The van der Waals surface area contributed by atoms with E-state index in [4.69, 9.17) is 19.3 Å². The molecule has 1 amide bonds. The highest BCUT2D eigenvalue weighted by Crippen LogP contribution is 2.22. The van der Waals surface area contributed by atoms with Crippen LogP contribution in [0.25, 0.3) is 0 Å². The van der Waals surface area contributed by atoms with Crippen LogP contribution in [0, 0.1) is 0 Å². The number of hydrogen-bond acceptors (Lipinski definition) is 5. The van der Waals surface area contributed by atoms with Crippen molar-refractivity contribution >= 4 is 17.6 Å². The third-order valence-electron chi connectivity index (χ3n) is 4.45. The number of anilines is 1. The van der Waals surface area contributed by atoms with Crippen molar-refractivity contribution in [2.24, 2.45) is 0 Å². The van der Waals surface area contributed by atoms with E-state index in [2.05, 4.69) is 0 Å². The van der Waals surface area contributed by atoms with Crippen LogP contribution in [-0.4, -0.2) is 50.0 Å². The predicted octanol–water partition coefficient (Wildman–Crippen LogP) is 2.98. The van der Waals surface area contributed by atoms with E-state index >= 15 is 0 Å². The summed E-state index contributed by atoms with van der Waals surface area (Å²) in [7, 11) is 1.68. The first-order valence-electron chi connectivity index (χ1n) is 9.10. The van der Waals surface area contributed by atoms with E-state index < -0.39 is 12.6 Å². The van der Waals surface area contributed by atoms with E-state index in [1.54, 1.807) is 55.6 Å². The van der Waals surface area contributed by atoms with Gasteiger partial charge in [-0.25, -0.2) is 4.79 Å². The molecule has 1 aliphatic rings. The maximum absolute atomic E-state index is 12.7. The van der Waals surface area contributed by atoms with E-state index in [9.17, 15) is 9.59 Å². The van der Waals surface area contributed by atoms with Gasteiger partial charge in [-0.1, -0.05) is 0 Å². The molecule has 1 N–H and O–H groups in total. The fourth-order valence-electron chi connectivity index (χ4n) is 2.88. The molecular weight excluding hydrogens is 362 g/mol. The number of ether oxygens (including phenoxy) is 3. The van der Waals surface area contributed by atoms with E-state index in [-0.39, 0.29) is 12.0 Å². The Morgan fingerprint density at radius 2 is 1.71 bits per heavy atom. The number of aliphatic carboxylic acids is 1. The highest BCUT2D eigenvalue weighted by Gasteiger charge is 2.17. The fourth-order valence-corrected chi connectivity index (χ4v) is 2.88. The first kappa shape index (κ1) is 19.7. The third-order valence-corrected chi connectivity index (χ3v) is 4.45. The lowest BCUT2D eigenvalue weighted by Gasteiger charge is -2.18. The molecule has 0 saturated carbocycles. The Kier molecular flexibility index (Phi) is 6.49. The zero-order chi connectivity index (χ0) is 19.9. The van der Waals surface area contributed by atoms with Crippen molar-refractivity contribution in [2.75, 3.05) is 31.8 Å². The van der Waals surface area contributed by atoms with E-state index in [0.717, 1.165) is 19.4 Å². The maximum atomic E-state index is 12.7. The molecule has 1 saturated heterocycles. The molecule has 2 aromatic rings. The zero-order valence-electron chi connectivity index (χ0n) is 15.7. The molecule has 0 bridgehead atoms. The quantitative estimate of drug-likeness (QED) is 0.752. The van der Waals surface area contributed by atoms with Gasteiger partial charge in [0.05, 0.1) is 6.10 Å². The molecule has 0 radical (unpaired) electrons. The zero-order valence-corrected chi connectivity index (χ0v) is 15.7. The number of benzene rings is 2. The van der Waals surface area contributed by atoms with Gasteiger partial charge in [0, 0.05) is 24.9 Å². The van der Waals surface area contributed by atoms with Gasteiger partial charge in [-0.05, 0) is 61.4 Å². The lowest BCUT2D eigenvalue weighted by molar-refractivity contribution is -0.139. The molecule has 2 aromatic carbocycles. The van der Waals surface area contributed by atoms with Crippen LogP contribution in [0.15, 0.2) is 48.5 Å². The summed E-state index contributed by atoms with van der Waals surface area (Å²) in [6.45, 7) is 0.902. The molecule has 0 aromatic heterocycles. The molecule has 0 spiro atoms. The first-order valence-corrected chi connectivity index (χ1v) is 9.10. The summed E-state index contributed by atoms with van der Waals surface area (Å²) in [4.78, 5) is 24.7. The molecule has 0 aliphatic carbocycles. The predicted molar refractivity (Wildman–Crippen MR) is 103 cm³/mol. The van der Waals surface area contributed by atoms with Crippen molar-refractivity contribution in [3.05, 3.63) is 54.1 Å². The van der Waals surface area contributed by atoms with Crippen LogP contribution in [0.3, 0.4) is 0 Å². The van der Waals surface area contributed by atoms with Gasteiger partial charge in [-0.15, -0.1) is 0 Å². The average molecular weight is 385 g/mol. The van der Waals surface area contributed by atoms with Gasteiger partial charge in [0.25, 0.3) is 5.91 Å². The Hall–Kier alpha value is -3.06. The lowest BCUT2D eigenvalue weighted by Crippen LogP contribution is -2.26. The summed E-state index contributed by atoms with van der Waals surface area (Å²) < 4.78 is 16.3. The van der Waals surface area contributed by atoms with Gasteiger partial charge in [0.1, 0.15) is 18.1 Å². The molecular formula is C21H23NO6. The van der Waals surface area contributed by atoms with Gasteiger partial charge in [0.15, 0.2) is 6.61 Å². The van der Waals surface area contributed by atoms with Crippen LogP contribution < -0.4 is 14.4 Å². The average Bonchev–Trinajstić information content (AvgIpc) is 3.24. The Balaban J connectivity index is 1.57. The number of carbonyl (C=O) groups excluding carboxylic acids is 1. The van der Waals surface area contributed by atoms with Crippen LogP contribution in [0.4, 0.5) is 5.69 Å². The third kappa shape index (κ3) is 5.23. The van der Waals surface area contributed by atoms with Crippen LogP contribution in [0.2, 0.25) is 0 Å². The van der Waals surface area contributed by atoms with Crippen LogP contribution >= 0.6 is 0 Å². The summed E-state index contributed by atoms with van der Waals surface area (Å²) in [5, 5.41) is 8.63. The van der Waals surface area contributed by atoms with Crippen molar-refractivity contribution in [1.82, 2.24) is 0 Å². The van der Waals surface area contributed by atoms with E-state index in [0.29, 0.717) is 29.4 Å². The second kappa shape index (κ2) is 9.23. The van der Waals surface area contributed by atoms with Crippen LogP contribution in [-0.2, 0) is 9.53 Å². The highest BCUT2D eigenvalue weighted by atomic mass is 16.5. The minimum atomic E-state index is -1.04. The van der Waals surface area contributed by atoms with Crippen molar-refractivity contribution in [1.29, 1.82) is 0 Å². The van der Waals surface area contributed by atoms with Gasteiger partial charge in [0.2, 0.25) is 0 Å². The number of rotatable bonds is 8. The summed E-state index contributed by atoms with van der Waals surface area (Å²) in [5.74, 6) is -0.0705. The summed E-state index contributed by atoms with van der Waals surface area (Å²) in [5.41, 5.74) is 1.21. The van der Waals surface area contributed by atoms with Crippen LogP contribution in [0.5, 0.6) is 11.5 Å². The number of nitrogens with zero attached hydrogens (tertiary/aromatic N) is 1. The Bertz CT molecular complexity index is 797. The van der Waals surface area contributed by atoms with Crippen molar-refractivity contribution in [3.8, 4) is 11.5 Å². The summed E-state index contributed by atoms with van der Waals surface area (Å²) in [6.07, 6.45) is 2.23. The Morgan fingerprint density at radius 1 is 1.07 bits per heavy atom. The standard InChI is InChI=1S/C21H23NO6/c1-22(16-6-10-18(11-7-16)28-14-20(23)24)21(25)15-4-8-17(9-5-15)27-13-19-3-2-12-26-19/h4-11,19H,2-3,12-14H2,1H3,(H,23,24). The molecule has 1 heterocycles. The lowest BCUT2D eigenvalue weighted by atomic mass is 10.1. The normalized spacial score (nSPS) is 15.8. The molecule has 7 nitrogen and oxygen atoms in total. The molecule has 1 fully saturated rings. The minimum absolute atomic E-state index is 0.148. The summed E-state index contributed by atoms with van der Waals surface area (Å²) >= 11 is 0. The molecule has 7 heteroatoms. The largest absolute Gasteiger partial charge is 0.491 e. The van der Waals surface area contributed by atoms with Gasteiger partial charge in [-0.2, -0.15) is 0 Å². The van der Waals surface area contributed by atoms with Crippen LogP contribution in [0.1, 0.15) is 23.2 Å². The minimum Gasteiger partial charge on any atom is -0.491 e. The molecule has 28 heavy (non-hydrogen) atoms. The Morgan fingerprint density at radius 3 is 2.32 bits per heavy atom. The number of amides is 1. The van der Waals surface area contributed by atoms with Crippen molar-refractivity contribution in [3.63, 3.8) is 0 Å².